The number of nitrogens with one attached hydrogen (secondary N) is 2. The number of hydrogen-bond donors (Lipinski definition) is 2. The fourth-order valence-electron chi connectivity index (χ4n) is 2.52. The van der Waals surface area contributed by atoms with E-state index in [0.29, 0.717) is 16.3 Å². The topological polar surface area (TPSA) is 106 Å². The summed E-state index contributed by atoms with van der Waals surface area (Å²) < 4.78 is 9.83. The maximum Gasteiger partial charge on any atom is 0.343 e. The Labute approximate surface area is 195 Å². The van der Waals surface area contributed by atoms with Gasteiger partial charge >= 0.3 is 5.97 Å². The van der Waals surface area contributed by atoms with Crippen LogP contribution in [0.1, 0.15) is 29.8 Å². The minimum Gasteiger partial charge on any atom is -0.482 e. The average Bonchev–Trinajstić information content (AvgIpc) is 2.77. The quantitative estimate of drug-likeness (QED) is 0.325. The summed E-state index contributed by atoms with van der Waals surface area (Å²) in [6, 6.07) is 10.4. The van der Waals surface area contributed by atoms with E-state index < -0.39 is 23.8 Å². The minimum atomic E-state index is -0.830. The molecule has 170 valence electrons. The maximum atomic E-state index is 12.6. The Morgan fingerprint density at radius 1 is 1.09 bits per heavy atom. The monoisotopic (exact) mass is 479 g/mol. The average molecular weight is 480 g/mol. The van der Waals surface area contributed by atoms with Crippen LogP contribution in [0.25, 0.3) is 0 Å². The molecule has 0 saturated heterocycles. The molecule has 1 atom stereocenters. The summed E-state index contributed by atoms with van der Waals surface area (Å²) in [6.07, 6.45) is 1.42. The van der Waals surface area contributed by atoms with E-state index in [1.165, 1.54) is 31.5 Å². The number of carbonyl (C=O) groups excluding carboxylic acids is 3. The zero-order chi connectivity index (χ0) is 23.7. The number of methoxy groups -OCH3 is 1. The lowest BCUT2D eigenvalue weighted by molar-refractivity contribution is -0.142. The van der Waals surface area contributed by atoms with Gasteiger partial charge in [0, 0.05) is 5.56 Å². The largest absolute Gasteiger partial charge is 0.482 e. The Bertz CT molecular complexity index is 1010. The van der Waals surface area contributed by atoms with Gasteiger partial charge in [-0.05, 0) is 41.8 Å². The summed E-state index contributed by atoms with van der Waals surface area (Å²) in [5, 5.41) is 7.19. The van der Waals surface area contributed by atoms with E-state index in [1.807, 2.05) is 0 Å². The lowest BCUT2D eigenvalue weighted by atomic mass is 10.0. The number of esters is 1. The highest BCUT2D eigenvalue weighted by Crippen LogP contribution is 2.22. The molecule has 0 fully saturated rings. The molecule has 32 heavy (non-hydrogen) atoms. The van der Waals surface area contributed by atoms with Crippen molar-refractivity contribution in [2.75, 3.05) is 13.7 Å². The molecular formula is C22H23Cl2N3O5. The van der Waals surface area contributed by atoms with Crippen LogP contribution in [-0.4, -0.2) is 43.8 Å². The summed E-state index contributed by atoms with van der Waals surface area (Å²) in [5.74, 6) is -1.20. The molecule has 0 aliphatic carbocycles. The minimum absolute atomic E-state index is 0.202. The third-order valence-electron chi connectivity index (χ3n) is 4.25. The summed E-state index contributed by atoms with van der Waals surface area (Å²) >= 11 is 11.8. The van der Waals surface area contributed by atoms with Gasteiger partial charge in [0.2, 0.25) is 0 Å². The number of hydrazone groups is 1. The van der Waals surface area contributed by atoms with Gasteiger partial charge in [-0.2, -0.15) is 5.10 Å². The molecule has 0 radical (unpaired) electrons. The second-order valence-corrected chi connectivity index (χ2v) is 7.81. The van der Waals surface area contributed by atoms with Gasteiger partial charge in [0.15, 0.2) is 6.61 Å². The number of carbonyl (C=O) groups is 3. The van der Waals surface area contributed by atoms with E-state index >= 15 is 0 Å². The van der Waals surface area contributed by atoms with Crippen molar-refractivity contribution >= 4 is 47.2 Å². The van der Waals surface area contributed by atoms with Gasteiger partial charge in [-0.15, -0.1) is 0 Å². The van der Waals surface area contributed by atoms with Crippen LogP contribution in [0.15, 0.2) is 47.6 Å². The molecular weight excluding hydrogens is 457 g/mol. The van der Waals surface area contributed by atoms with E-state index in [-0.39, 0.29) is 23.1 Å². The molecule has 10 heteroatoms. The molecule has 0 aromatic heterocycles. The van der Waals surface area contributed by atoms with E-state index in [4.69, 9.17) is 27.9 Å². The highest BCUT2D eigenvalue weighted by atomic mass is 35.5. The van der Waals surface area contributed by atoms with Crippen LogP contribution in [0.4, 0.5) is 0 Å². The molecule has 0 aliphatic heterocycles. The molecule has 1 unspecified atom stereocenters. The summed E-state index contributed by atoms with van der Waals surface area (Å²) in [5.41, 5.74) is 3.34. The molecule has 0 spiro atoms. The summed E-state index contributed by atoms with van der Waals surface area (Å²) in [6.45, 7) is 3.37. The third-order valence-corrected chi connectivity index (χ3v) is 4.99. The van der Waals surface area contributed by atoms with Gasteiger partial charge in [0.1, 0.15) is 11.8 Å². The van der Waals surface area contributed by atoms with Crippen molar-refractivity contribution in [3.05, 3.63) is 63.6 Å². The molecule has 2 N–H and O–H groups in total. The van der Waals surface area contributed by atoms with E-state index in [9.17, 15) is 14.4 Å². The molecule has 8 nitrogen and oxygen atoms in total. The van der Waals surface area contributed by atoms with E-state index in [2.05, 4.69) is 20.6 Å². The Hall–Kier alpha value is -3.10. The highest BCUT2D eigenvalue weighted by Gasteiger charge is 2.24. The number of halogens is 2. The number of benzene rings is 2. The number of amides is 2. The lowest BCUT2D eigenvalue weighted by Gasteiger charge is -2.20. The smallest absolute Gasteiger partial charge is 0.343 e. The predicted octanol–water partition coefficient (Wildman–Crippen LogP) is 3.45. The standard InChI is InChI=1S/C22H23Cl2N3O5/c1-13(2)20(26-21(29)15-7-8-17(23)18(24)10-15)22(30)27-25-11-14-5-4-6-16(9-14)32-12-19(28)31-3/h4-11,13,20H,12H2,1-3H3,(H,26,29)(H,27,30). The van der Waals surface area contributed by atoms with Crippen LogP contribution in [-0.2, 0) is 14.3 Å². The predicted molar refractivity (Wildman–Crippen MR) is 122 cm³/mol. The van der Waals surface area contributed by atoms with Gasteiger partial charge in [0.25, 0.3) is 11.8 Å². The Kier molecular flexibility index (Phi) is 9.49. The number of ether oxygens (including phenoxy) is 2. The molecule has 0 saturated carbocycles. The molecule has 2 rings (SSSR count). The normalized spacial score (nSPS) is 11.8. The van der Waals surface area contributed by atoms with Crippen molar-refractivity contribution in [3.63, 3.8) is 0 Å². The van der Waals surface area contributed by atoms with Crippen LogP contribution in [0.2, 0.25) is 10.0 Å². The third kappa shape index (κ3) is 7.55. The van der Waals surface area contributed by atoms with Gasteiger partial charge < -0.3 is 14.8 Å². The van der Waals surface area contributed by atoms with Crippen LogP contribution < -0.4 is 15.5 Å². The Morgan fingerprint density at radius 3 is 2.50 bits per heavy atom. The first-order valence-electron chi connectivity index (χ1n) is 9.59. The second kappa shape index (κ2) is 12.1. The van der Waals surface area contributed by atoms with E-state index in [1.54, 1.807) is 38.1 Å². The SMILES string of the molecule is COC(=O)COc1cccc(C=NNC(=O)C(NC(=O)c2ccc(Cl)c(Cl)c2)C(C)C)c1. The Morgan fingerprint density at radius 2 is 1.84 bits per heavy atom. The summed E-state index contributed by atoms with van der Waals surface area (Å²) in [7, 11) is 1.27. The van der Waals surface area contributed by atoms with Crippen LogP contribution >= 0.6 is 23.2 Å². The Balaban J connectivity index is 1.99. The van der Waals surface area contributed by atoms with Crippen molar-refractivity contribution in [1.82, 2.24) is 10.7 Å². The van der Waals surface area contributed by atoms with Crippen LogP contribution in [0.3, 0.4) is 0 Å². The first-order valence-corrected chi connectivity index (χ1v) is 10.4. The van der Waals surface area contributed by atoms with Crippen molar-refractivity contribution in [2.24, 2.45) is 11.0 Å². The van der Waals surface area contributed by atoms with Crippen molar-refractivity contribution in [2.45, 2.75) is 19.9 Å². The number of nitrogens with zero attached hydrogens (tertiary/aromatic N) is 1. The van der Waals surface area contributed by atoms with Gasteiger partial charge in [-0.25, -0.2) is 10.2 Å². The molecule has 2 aromatic carbocycles. The van der Waals surface area contributed by atoms with Gasteiger partial charge in [0.05, 0.1) is 23.4 Å². The van der Waals surface area contributed by atoms with E-state index in [0.717, 1.165) is 0 Å². The van der Waals surface area contributed by atoms with Crippen LogP contribution in [0.5, 0.6) is 5.75 Å². The lowest BCUT2D eigenvalue weighted by Crippen LogP contribution is -2.48. The molecule has 0 heterocycles. The first kappa shape index (κ1) is 25.2. The molecule has 0 bridgehead atoms. The number of rotatable bonds is 9. The molecule has 2 amide bonds. The maximum absolute atomic E-state index is 12.6. The second-order valence-electron chi connectivity index (χ2n) is 7.00. The zero-order valence-corrected chi connectivity index (χ0v) is 19.2. The van der Waals surface area contributed by atoms with Gasteiger partial charge in [-0.1, -0.05) is 49.2 Å². The van der Waals surface area contributed by atoms with Crippen LogP contribution in [0, 0.1) is 5.92 Å². The zero-order valence-electron chi connectivity index (χ0n) is 17.7. The van der Waals surface area contributed by atoms with Crippen molar-refractivity contribution in [3.8, 4) is 5.75 Å². The fraction of sp³-hybridized carbons (Fsp3) is 0.273. The fourth-order valence-corrected chi connectivity index (χ4v) is 2.82. The molecule has 2 aromatic rings. The van der Waals surface area contributed by atoms with Gasteiger partial charge in [-0.3, -0.25) is 9.59 Å². The first-order chi connectivity index (χ1) is 15.2. The van der Waals surface area contributed by atoms with Crippen molar-refractivity contribution in [1.29, 1.82) is 0 Å². The molecule has 0 aliphatic rings. The summed E-state index contributed by atoms with van der Waals surface area (Å²) in [4.78, 5) is 36.3. The highest BCUT2D eigenvalue weighted by molar-refractivity contribution is 6.42. The number of hydrogen-bond acceptors (Lipinski definition) is 6. The van der Waals surface area contributed by atoms with Crippen molar-refractivity contribution < 1.29 is 23.9 Å².